The average molecular weight is 389 g/mol. The molecule has 0 radical (unpaired) electrons. The predicted octanol–water partition coefficient (Wildman–Crippen LogP) is 8.59. The molecule has 0 aliphatic carbocycles. The van der Waals surface area contributed by atoms with Crippen LogP contribution in [0.4, 0.5) is 0 Å². The molecule has 1 nitrogen and oxygen atoms in total. The second kappa shape index (κ2) is 17.7. The molecule has 0 bridgehead atoms. The van der Waals surface area contributed by atoms with E-state index in [2.05, 4.69) is 59.1 Å². The van der Waals surface area contributed by atoms with Crippen LogP contribution in [0.5, 0.6) is 0 Å². The van der Waals surface area contributed by atoms with Gasteiger partial charge in [-0.1, -0.05) is 103 Å². The van der Waals surface area contributed by atoms with E-state index >= 15 is 0 Å². The fourth-order valence-electron chi connectivity index (χ4n) is 3.14. The maximum Gasteiger partial charge on any atom is 0.0577 e. The van der Waals surface area contributed by atoms with Gasteiger partial charge in [0.15, 0.2) is 0 Å². The van der Waals surface area contributed by atoms with Gasteiger partial charge in [0.2, 0.25) is 0 Å². The van der Waals surface area contributed by atoms with Gasteiger partial charge in [0.05, 0.1) is 6.10 Å². The van der Waals surface area contributed by atoms with Gasteiger partial charge in [0, 0.05) is 5.92 Å². The molecular formula is C27H48O. The van der Waals surface area contributed by atoms with Gasteiger partial charge in [-0.25, -0.2) is 0 Å². The molecule has 0 spiro atoms. The topological polar surface area (TPSA) is 20.2 Å². The van der Waals surface area contributed by atoms with E-state index in [4.69, 9.17) is 0 Å². The van der Waals surface area contributed by atoms with Crippen molar-refractivity contribution in [2.45, 2.75) is 99.5 Å². The highest BCUT2D eigenvalue weighted by atomic mass is 16.3. The Kier molecular flexibility index (Phi) is 18.3. The minimum atomic E-state index is -0.325. The fraction of sp³-hybridized carbons (Fsp3) is 0.630. The smallest absolute Gasteiger partial charge is 0.0577 e. The Morgan fingerprint density at radius 2 is 1.71 bits per heavy atom. The van der Waals surface area contributed by atoms with Gasteiger partial charge in [-0.05, 0) is 56.9 Å². The van der Waals surface area contributed by atoms with Crippen LogP contribution in [-0.2, 0) is 0 Å². The molecule has 1 heteroatoms. The lowest BCUT2D eigenvalue weighted by atomic mass is 9.77. The molecular weight excluding hydrogens is 340 g/mol. The van der Waals surface area contributed by atoms with E-state index < -0.39 is 0 Å². The van der Waals surface area contributed by atoms with Crippen molar-refractivity contribution in [3.63, 3.8) is 0 Å². The number of aliphatic hydroxyl groups is 1. The lowest BCUT2D eigenvalue weighted by Crippen LogP contribution is -2.16. The largest absolute Gasteiger partial charge is 0.393 e. The monoisotopic (exact) mass is 388 g/mol. The maximum absolute atomic E-state index is 9.78. The normalized spacial score (nSPS) is 16.7. The molecule has 0 amide bonds. The summed E-state index contributed by atoms with van der Waals surface area (Å²) in [5.41, 5.74) is 3.01. The molecule has 0 saturated carbocycles. The SMILES string of the molecule is C=C/C=C\C=C(/C)CCCC[C@@](C)(CC)CC/C=C(\C=C)C(C)C(C)O.CC. The van der Waals surface area contributed by atoms with Gasteiger partial charge < -0.3 is 5.11 Å². The minimum Gasteiger partial charge on any atom is -0.393 e. The van der Waals surface area contributed by atoms with E-state index in [0.29, 0.717) is 5.41 Å². The molecule has 0 rings (SSSR count). The van der Waals surface area contributed by atoms with Crippen LogP contribution in [0.15, 0.2) is 60.8 Å². The van der Waals surface area contributed by atoms with Gasteiger partial charge in [-0.3, -0.25) is 0 Å². The Bertz CT molecular complexity index is 492. The van der Waals surface area contributed by atoms with Crippen LogP contribution in [0.2, 0.25) is 0 Å². The zero-order valence-electron chi connectivity index (χ0n) is 19.9. The summed E-state index contributed by atoms with van der Waals surface area (Å²) in [4.78, 5) is 0. The number of unbranched alkanes of at least 4 members (excludes halogenated alkanes) is 1. The minimum absolute atomic E-state index is 0.158. The Morgan fingerprint density at radius 3 is 2.21 bits per heavy atom. The highest BCUT2D eigenvalue weighted by Crippen LogP contribution is 2.34. The predicted molar refractivity (Wildman–Crippen MR) is 130 cm³/mol. The van der Waals surface area contributed by atoms with Crippen LogP contribution in [0.1, 0.15) is 93.4 Å². The van der Waals surface area contributed by atoms with Crippen molar-refractivity contribution in [3.05, 3.63) is 60.8 Å². The molecule has 0 aliphatic heterocycles. The van der Waals surface area contributed by atoms with Crippen molar-refractivity contribution in [2.75, 3.05) is 0 Å². The van der Waals surface area contributed by atoms with Crippen molar-refractivity contribution in [1.82, 2.24) is 0 Å². The highest BCUT2D eigenvalue weighted by molar-refractivity contribution is 5.20. The zero-order chi connectivity index (χ0) is 22.0. The van der Waals surface area contributed by atoms with Crippen molar-refractivity contribution in [3.8, 4) is 0 Å². The van der Waals surface area contributed by atoms with Gasteiger partial charge in [-0.15, -0.1) is 0 Å². The molecule has 0 fully saturated rings. The molecule has 2 unspecified atom stereocenters. The zero-order valence-corrected chi connectivity index (χ0v) is 19.9. The molecule has 0 heterocycles. The molecule has 0 aliphatic rings. The number of hydrogen-bond donors (Lipinski definition) is 1. The molecule has 0 aromatic heterocycles. The maximum atomic E-state index is 9.78. The van der Waals surface area contributed by atoms with E-state index in [9.17, 15) is 5.11 Å². The molecule has 0 aromatic carbocycles. The average Bonchev–Trinajstić information content (AvgIpc) is 2.70. The van der Waals surface area contributed by atoms with Crippen LogP contribution in [-0.4, -0.2) is 11.2 Å². The summed E-state index contributed by atoms with van der Waals surface area (Å²) in [6.07, 6.45) is 20.4. The van der Waals surface area contributed by atoms with Crippen molar-refractivity contribution < 1.29 is 5.11 Å². The first-order valence-corrected chi connectivity index (χ1v) is 11.2. The third-order valence-corrected chi connectivity index (χ3v) is 5.70. The van der Waals surface area contributed by atoms with Crippen LogP contribution >= 0.6 is 0 Å². The Hall–Kier alpha value is -1.34. The van der Waals surface area contributed by atoms with Crippen LogP contribution in [0, 0.1) is 11.3 Å². The first kappa shape index (κ1) is 28.9. The van der Waals surface area contributed by atoms with Gasteiger partial charge in [-0.2, -0.15) is 0 Å². The Morgan fingerprint density at radius 1 is 1.07 bits per heavy atom. The molecule has 0 saturated heterocycles. The molecule has 1 N–H and O–H groups in total. The Balaban J connectivity index is 0. The third-order valence-electron chi connectivity index (χ3n) is 5.70. The van der Waals surface area contributed by atoms with Gasteiger partial charge >= 0.3 is 0 Å². The summed E-state index contributed by atoms with van der Waals surface area (Å²) < 4.78 is 0. The number of aliphatic hydroxyl groups excluding tert-OH is 1. The van der Waals surface area contributed by atoms with Crippen molar-refractivity contribution in [1.29, 1.82) is 0 Å². The van der Waals surface area contributed by atoms with E-state index in [1.54, 1.807) is 0 Å². The van der Waals surface area contributed by atoms with Crippen LogP contribution in [0.25, 0.3) is 0 Å². The van der Waals surface area contributed by atoms with Gasteiger partial charge in [0.1, 0.15) is 0 Å². The molecule has 28 heavy (non-hydrogen) atoms. The van der Waals surface area contributed by atoms with Crippen molar-refractivity contribution in [2.24, 2.45) is 11.3 Å². The third kappa shape index (κ3) is 13.8. The first-order valence-electron chi connectivity index (χ1n) is 11.2. The summed E-state index contributed by atoms with van der Waals surface area (Å²) in [5, 5.41) is 9.78. The lowest BCUT2D eigenvalue weighted by Gasteiger charge is -2.28. The van der Waals surface area contributed by atoms with E-state index in [-0.39, 0.29) is 12.0 Å². The standard InChI is InChI=1S/C25H42O.C2H6/c1-8-11-12-16-21(4)17-13-14-19-25(7,10-3)20-15-18-24(9-2)22(5)23(6)26;1-2/h8-9,11-12,16,18,22-23,26H,1-2,10,13-15,17,19-20H2,3-7H3;1-2H3/b12-11-,21-16+,24-18+;/t22?,23?,25-;/m1./s1. The second-order valence-corrected chi connectivity index (χ2v) is 7.98. The van der Waals surface area contributed by atoms with E-state index in [1.807, 2.05) is 39.0 Å². The summed E-state index contributed by atoms with van der Waals surface area (Å²) in [6.45, 7) is 22.4. The summed E-state index contributed by atoms with van der Waals surface area (Å²) in [6, 6.07) is 0. The lowest BCUT2D eigenvalue weighted by molar-refractivity contribution is 0.153. The molecule has 0 aromatic rings. The summed E-state index contributed by atoms with van der Waals surface area (Å²) in [7, 11) is 0. The Labute approximate surface area is 177 Å². The first-order chi connectivity index (χ1) is 13.3. The van der Waals surface area contributed by atoms with E-state index in [1.165, 1.54) is 49.7 Å². The second-order valence-electron chi connectivity index (χ2n) is 7.98. The number of rotatable bonds is 14. The summed E-state index contributed by atoms with van der Waals surface area (Å²) >= 11 is 0. The van der Waals surface area contributed by atoms with Crippen LogP contribution < -0.4 is 0 Å². The quantitative estimate of drug-likeness (QED) is 0.233. The highest BCUT2D eigenvalue weighted by Gasteiger charge is 2.21. The van der Waals surface area contributed by atoms with E-state index in [0.717, 1.165) is 6.42 Å². The number of allylic oxidation sites excluding steroid dienone is 7. The molecule has 3 atom stereocenters. The van der Waals surface area contributed by atoms with Gasteiger partial charge in [0.25, 0.3) is 0 Å². The fourth-order valence-corrected chi connectivity index (χ4v) is 3.14. The number of hydrogen-bond acceptors (Lipinski definition) is 1. The molecule has 162 valence electrons. The van der Waals surface area contributed by atoms with Crippen molar-refractivity contribution >= 4 is 0 Å². The van der Waals surface area contributed by atoms with Crippen LogP contribution in [0.3, 0.4) is 0 Å². The summed E-state index contributed by atoms with van der Waals surface area (Å²) in [5.74, 6) is 0.158.